The minimum atomic E-state index is -0.180. The number of carbonyl (C=O) groups excluding carboxylic acids is 1. The highest BCUT2D eigenvalue weighted by Crippen LogP contribution is 2.36. The molecule has 1 heterocycles. The number of rotatable bonds is 4. The lowest BCUT2D eigenvalue weighted by molar-refractivity contribution is -0.141. The van der Waals surface area contributed by atoms with Crippen molar-refractivity contribution in [2.24, 2.45) is 11.8 Å². The number of likely N-dealkylation sites (tertiary alicyclic amines) is 1. The van der Waals surface area contributed by atoms with E-state index >= 15 is 0 Å². The number of amides is 1. The fourth-order valence-corrected chi connectivity index (χ4v) is 3.97. The lowest BCUT2D eigenvalue weighted by Gasteiger charge is -2.41. The molecule has 3 unspecified atom stereocenters. The standard InChI is InChI=1S/C16H29NO2/c1-3-12(4-2)16(19)17-11-6-5-9-14(17)13-8-7-10-15(13)18/h12-15,18H,3-11H2,1-2H3. The zero-order valence-corrected chi connectivity index (χ0v) is 12.5. The van der Waals surface area contributed by atoms with E-state index in [9.17, 15) is 9.90 Å². The molecule has 3 atom stereocenters. The molecule has 2 aliphatic rings. The maximum Gasteiger partial charge on any atom is 0.225 e. The van der Waals surface area contributed by atoms with Gasteiger partial charge in [0.05, 0.1) is 6.10 Å². The average molecular weight is 267 g/mol. The van der Waals surface area contributed by atoms with E-state index in [-0.39, 0.29) is 12.0 Å². The Balaban J connectivity index is 2.09. The van der Waals surface area contributed by atoms with Gasteiger partial charge in [0.2, 0.25) is 5.91 Å². The van der Waals surface area contributed by atoms with Crippen LogP contribution in [0.15, 0.2) is 0 Å². The third-order valence-corrected chi connectivity index (χ3v) is 5.19. The van der Waals surface area contributed by atoms with Gasteiger partial charge in [-0.15, -0.1) is 0 Å². The molecule has 3 nitrogen and oxygen atoms in total. The smallest absolute Gasteiger partial charge is 0.225 e. The number of nitrogens with zero attached hydrogens (tertiary/aromatic N) is 1. The van der Waals surface area contributed by atoms with Crippen molar-refractivity contribution in [1.82, 2.24) is 4.90 Å². The summed E-state index contributed by atoms with van der Waals surface area (Å²) in [4.78, 5) is 14.8. The van der Waals surface area contributed by atoms with Crippen molar-refractivity contribution in [3.8, 4) is 0 Å². The molecule has 1 aliphatic carbocycles. The highest BCUT2D eigenvalue weighted by Gasteiger charge is 2.39. The lowest BCUT2D eigenvalue weighted by Crippen LogP contribution is -2.51. The van der Waals surface area contributed by atoms with Crippen LogP contribution >= 0.6 is 0 Å². The van der Waals surface area contributed by atoms with Crippen LogP contribution in [0.4, 0.5) is 0 Å². The van der Waals surface area contributed by atoms with E-state index in [0.29, 0.717) is 17.9 Å². The third kappa shape index (κ3) is 3.13. The molecule has 0 radical (unpaired) electrons. The molecular formula is C16H29NO2. The first-order chi connectivity index (χ1) is 9.19. The van der Waals surface area contributed by atoms with Crippen LogP contribution in [0, 0.1) is 11.8 Å². The maximum absolute atomic E-state index is 12.7. The number of piperidine rings is 1. The summed E-state index contributed by atoms with van der Waals surface area (Å²) in [5.74, 6) is 0.853. The molecule has 0 aromatic carbocycles. The minimum absolute atomic E-state index is 0.180. The normalized spacial score (nSPS) is 32.0. The highest BCUT2D eigenvalue weighted by atomic mass is 16.3. The maximum atomic E-state index is 12.7. The molecule has 2 rings (SSSR count). The summed E-state index contributed by atoms with van der Waals surface area (Å²) < 4.78 is 0. The van der Waals surface area contributed by atoms with Gasteiger partial charge in [-0.25, -0.2) is 0 Å². The van der Waals surface area contributed by atoms with Crippen LogP contribution < -0.4 is 0 Å². The van der Waals surface area contributed by atoms with Crippen molar-refractivity contribution in [2.75, 3.05) is 6.54 Å². The molecule has 1 saturated carbocycles. The van der Waals surface area contributed by atoms with E-state index in [1.807, 2.05) is 0 Å². The Morgan fingerprint density at radius 3 is 2.47 bits per heavy atom. The highest BCUT2D eigenvalue weighted by molar-refractivity contribution is 5.79. The van der Waals surface area contributed by atoms with Gasteiger partial charge in [0.15, 0.2) is 0 Å². The van der Waals surface area contributed by atoms with E-state index in [0.717, 1.165) is 51.5 Å². The predicted octanol–water partition coefficient (Wildman–Crippen LogP) is 2.96. The van der Waals surface area contributed by atoms with Crippen LogP contribution in [-0.4, -0.2) is 34.6 Å². The summed E-state index contributed by atoms with van der Waals surface area (Å²) >= 11 is 0. The lowest BCUT2D eigenvalue weighted by atomic mass is 9.86. The Kier molecular flexibility index (Phi) is 5.26. The molecule has 1 amide bonds. The fourth-order valence-electron chi connectivity index (χ4n) is 3.97. The van der Waals surface area contributed by atoms with E-state index in [4.69, 9.17) is 0 Å². The summed E-state index contributed by atoms with van der Waals surface area (Å²) in [6, 6.07) is 0.305. The number of hydrogen-bond acceptors (Lipinski definition) is 2. The molecule has 19 heavy (non-hydrogen) atoms. The molecular weight excluding hydrogens is 238 g/mol. The quantitative estimate of drug-likeness (QED) is 0.850. The Labute approximate surface area is 117 Å². The minimum Gasteiger partial charge on any atom is -0.393 e. The van der Waals surface area contributed by atoms with E-state index in [1.165, 1.54) is 6.42 Å². The SMILES string of the molecule is CCC(CC)C(=O)N1CCCCC1C1CCCC1O. The number of aliphatic hydroxyl groups is 1. The van der Waals surface area contributed by atoms with E-state index in [2.05, 4.69) is 18.7 Å². The van der Waals surface area contributed by atoms with Gasteiger partial charge in [0.25, 0.3) is 0 Å². The Morgan fingerprint density at radius 1 is 1.16 bits per heavy atom. The topological polar surface area (TPSA) is 40.5 Å². The van der Waals surface area contributed by atoms with E-state index in [1.54, 1.807) is 0 Å². The summed E-state index contributed by atoms with van der Waals surface area (Å²) in [5, 5.41) is 10.2. The summed E-state index contributed by atoms with van der Waals surface area (Å²) in [6.45, 7) is 5.12. The van der Waals surface area contributed by atoms with Crippen molar-refractivity contribution in [3.05, 3.63) is 0 Å². The van der Waals surface area contributed by atoms with Gasteiger partial charge >= 0.3 is 0 Å². The van der Waals surface area contributed by atoms with Gasteiger partial charge in [0.1, 0.15) is 0 Å². The van der Waals surface area contributed by atoms with Gasteiger partial charge in [-0.3, -0.25) is 4.79 Å². The Bertz CT molecular complexity index is 301. The Hall–Kier alpha value is -0.570. The van der Waals surface area contributed by atoms with E-state index < -0.39 is 0 Å². The second-order valence-electron chi connectivity index (χ2n) is 6.27. The van der Waals surface area contributed by atoms with Crippen molar-refractivity contribution in [3.63, 3.8) is 0 Å². The van der Waals surface area contributed by atoms with Crippen LogP contribution in [0.3, 0.4) is 0 Å². The predicted molar refractivity (Wildman–Crippen MR) is 76.8 cm³/mol. The van der Waals surface area contributed by atoms with Crippen LogP contribution in [0.5, 0.6) is 0 Å². The van der Waals surface area contributed by atoms with Gasteiger partial charge in [0, 0.05) is 24.4 Å². The molecule has 110 valence electrons. The first kappa shape index (κ1) is 14.8. The van der Waals surface area contributed by atoms with Gasteiger partial charge in [-0.1, -0.05) is 20.3 Å². The first-order valence-corrected chi connectivity index (χ1v) is 8.17. The molecule has 0 spiro atoms. The average Bonchev–Trinajstić information content (AvgIpc) is 2.86. The van der Waals surface area contributed by atoms with Gasteiger partial charge in [-0.2, -0.15) is 0 Å². The van der Waals surface area contributed by atoms with Crippen molar-refractivity contribution < 1.29 is 9.90 Å². The van der Waals surface area contributed by atoms with Crippen LogP contribution in [0.1, 0.15) is 65.2 Å². The van der Waals surface area contributed by atoms with Crippen LogP contribution in [0.2, 0.25) is 0 Å². The largest absolute Gasteiger partial charge is 0.393 e. The Morgan fingerprint density at radius 2 is 1.89 bits per heavy atom. The molecule has 0 aromatic rings. The monoisotopic (exact) mass is 267 g/mol. The fraction of sp³-hybridized carbons (Fsp3) is 0.938. The summed E-state index contributed by atoms with van der Waals surface area (Å²) in [6.07, 6.45) is 8.26. The molecule has 0 aromatic heterocycles. The molecule has 1 aliphatic heterocycles. The zero-order valence-electron chi connectivity index (χ0n) is 12.5. The van der Waals surface area contributed by atoms with Crippen LogP contribution in [-0.2, 0) is 4.79 Å². The van der Waals surface area contributed by atoms with Gasteiger partial charge < -0.3 is 10.0 Å². The summed E-state index contributed by atoms with van der Waals surface area (Å²) in [5.41, 5.74) is 0. The first-order valence-electron chi connectivity index (χ1n) is 8.17. The second-order valence-corrected chi connectivity index (χ2v) is 6.27. The molecule has 3 heteroatoms. The van der Waals surface area contributed by atoms with Crippen LogP contribution in [0.25, 0.3) is 0 Å². The molecule has 1 saturated heterocycles. The zero-order chi connectivity index (χ0) is 13.8. The van der Waals surface area contributed by atoms with Crippen molar-refractivity contribution >= 4 is 5.91 Å². The number of hydrogen-bond donors (Lipinski definition) is 1. The number of aliphatic hydroxyl groups excluding tert-OH is 1. The second kappa shape index (κ2) is 6.74. The number of carbonyl (C=O) groups is 1. The molecule has 1 N–H and O–H groups in total. The molecule has 0 bridgehead atoms. The molecule has 2 fully saturated rings. The van der Waals surface area contributed by atoms with Crippen molar-refractivity contribution in [1.29, 1.82) is 0 Å². The van der Waals surface area contributed by atoms with Gasteiger partial charge in [-0.05, 0) is 44.9 Å². The third-order valence-electron chi connectivity index (χ3n) is 5.19. The van der Waals surface area contributed by atoms with Crippen molar-refractivity contribution in [2.45, 2.75) is 77.4 Å². The summed E-state index contributed by atoms with van der Waals surface area (Å²) in [7, 11) is 0.